The van der Waals surface area contributed by atoms with Gasteiger partial charge in [0.15, 0.2) is 0 Å². The van der Waals surface area contributed by atoms with E-state index in [-0.39, 0.29) is 24.2 Å². The van der Waals surface area contributed by atoms with Crippen LogP contribution in [-0.2, 0) is 9.53 Å². The van der Waals surface area contributed by atoms with Crippen LogP contribution in [0, 0.1) is 5.92 Å². The lowest BCUT2D eigenvalue weighted by Gasteiger charge is -2.30. The van der Waals surface area contributed by atoms with Gasteiger partial charge in [-0.25, -0.2) is 0 Å². The summed E-state index contributed by atoms with van der Waals surface area (Å²) in [6, 6.07) is 0.287. The molecular weight excluding hydrogens is 240 g/mol. The number of ether oxygens (including phenoxy) is 1. The molecule has 0 aromatic rings. The van der Waals surface area contributed by atoms with Crippen LogP contribution < -0.4 is 10.6 Å². The van der Waals surface area contributed by atoms with E-state index in [0.29, 0.717) is 0 Å². The van der Waals surface area contributed by atoms with Crippen molar-refractivity contribution in [2.24, 2.45) is 5.92 Å². The molecule has 0 aromatic heterocycles. The van der Waals surface area contributed by atoms with E-state index in [1.54, 1.807) is 0 Å². The molecule has 2 N–H and O–H groups in total. The van der Waals surface area contributed by atoms with Gasteiger partial charge < -0.3 is 15.4 Å². The van der Waals surface area contributed by atoms with E-state index in [9.17, 15) is 4.79 Å². The second kappa shape index (κ2) is 7.25. The molecule has 110 valence electrons. The van der Waals surface area contributed by atoms with Crippen molar-refractivity contribution in [2.45, 2.75) is 70.6 Å². The largest absolute Gasteiger partial charge is 0.365 e. The van der Waals surface area contributed by atoms with E-state index < -0.39 is 0 Å². The van der Waals surface area contributed by atoms with Crippen molar-refractivity contribution in [1.82, 2.24) is 10.6 Å². The van der Waals surface area contributed by atoms with Crippen molar-refractivity contribution in [3.63, 3.8) is 0 Å². The smallest absolute Gasteiger partial charge is 0.249 e. The molecule has 0 aromatic carbocycles. The minimum Gasteiger partial charge on any atom is -0.365 e. The van der Waals surface area contributed by atoms with Gasteiger partial charge in [0.1, 0.15) is 6.10 Å². The van der Waals surface area contributed by atoms with Gasteiger partial charge in [0.25, 0.3) is 0 Å². The van der Waals surface area contributed by atoms with Crippen LogP contribution in [0.5, 0.6) is 0 Å². The van der Waals surface area contributed by atoms with Crippen LogP contribution in [-0.4, -0.2) is 37.2 Å². The molecular formula is C15H28N2O2. The zero-order valence-electron chi connectivity index (χ0n) is 12.3. The zero-order valence-corrected chi connectivity index (χ0v) is 12.3. The topological polar surface area (TPSA) is 50.4 Å². The highest BCUT2D eigenvalue weighted by Gasteiger charge is 2.27. The van der Waals surface area contributed by atoms with Crippen LogP contribution >= 0.6 is 0 Å². The third kappa shape index (κ3) is 4.46. The van der Waals surface area contributed by atoms with Crippen LogP contribution in [0.3, 0.4) is 0 Å². The second-order valence-corrected chi connectivity index (χ2v) is 6.13. The maximum atomic E-state index is 12.2. The van der Waals surface area contributed by atoms with Crippen molar-refractivity contribution in [3.05, 3.63) is 0 Å². The lowest BCUT2D eigenvalue weighted by molar-refractivity contribution is -0.139. The van der Waals surface area contributed by atoms with Crippen molar-refractivity contribution < 1.29 is 9.53 Å². The maximum Gasteiger partial charge on any atom is 0.249 e. The number of hydrogen-bond donors (Lipinski definition) is 2. The van der Waals surface area contributed by atoms with Gasteiger partial charge in [-0.05, 0) is 38.1 Å². The summed E-state index contributed by atoms with van der Waals surface area (Å²) >= 11 is 0. The summed E-state index contributed by atoms with van der Waals surface area (Å²) in [4.78, 5) is 12.2. The van der Waals surface area contributed by atoms with Crippen molar-refractivity contribution in [2.75, 3.05) is 13.1 Å². The summed E-state index contributed by atoms with van der Waals surface area (Å²) in [7, 11) is 0. The number of carbonyl (C=O) groups is 1. The first-order valence-electron chi connectivity index (χ1n) is 7.85. The molecule has 2 aliphatic rings. The highest BCUT2D eigenvalue weighted by atomic mass is 16.5. The first-order valence-corrected chi connectivity index (χ1v) is 7.85. The first kappa shape index (κ1) is 14.8. The summed E-state index contributed by atoms with van der Waals surface area (Å²) in [5.74, 6) is 0.813. The molecule has 1 saturated carbocycles. The molecule has 1 heterocycles. The summed E-state index contributed by atoms with van der Waals surface area (Å²) < 4.78 is 6.05. The number of nitrogens with one attached hydrogen (secondary N) is 2. The Balaban J connectivity index is 1.79. The van der Waals surface area contributed by atoms with E-state index in [0.717, 1.165) is 44.7 Å². The van der Waals surface area contributed by atoms with Gasteiger partial charge in [0.2, 0.25) is 5.91 Å². The normalized spacial score (nSPS) is 33.1. The highest BCUT2D eigenvalue weighted by molar-refractivity contribution is 5.81. The standard InChI is InChI=1S/C15H28N2O2/c1-3-14(15(18)17-12-7-8-16-10-12)19-13-6-4-5-11(2)9-13/h11-14,16H,3-10H2,1-2H3,(H,17,18). The summed E-state index contributed by atoms with van der Waals surface area (Å²) in [6.45, 7) is 6.20. The fraction of sp³-hybridized carbons (Fsp3) is 0.933. The SMILES string of the molecule is CCC(OC1CCCC(C)C1)C(=O)NC1CCNC1. The number of hydrogen-bond acceptors (Lipinski definition) is 3. The average Bonchev–Trinajstić information content (AvgIpc) is 2.88. The molecule has 4 nitrogen and oxygen atoms in total. The van der Waals surface area contributed by atoms with Gasteiger partial charge in [-0.15, -0.1) is 0 Å². The Morgan fingerprint density at radius 1 is 1.42 bits per heavy atom. The van der Waals surface area contributed by atoms with Gasteiger partial charge in [-0.3, -0.25) is 4.79 Å². The van der Waals surface area contributed by atoms with Crippen LogP contribution in [0.15, 0.2) is 0 Å². The quantitative estimate of drug-likeness (QED) is 0.800. The highest BCUT2D eigenvalue weighted by Crippen LogP contribution is 2.27. The average molecular weight is 268 g/mol. The molecule has 1 aliphatic heterocycles. The molecule has 4 atom stereocenters. The number of carbonyl (C=O) groups excluding carboxylic acids is 1. The van der Waals surface area contributed by atoms with E-state index >= 15 is 0 Å². The van der Waals surface area contributed by atoms with E-state index in [1.165, 1.54) is 12.8 Å². The van der Waals surface area contributed by atoms with E-state index in [4.69, 9.17) is 4.74 Å². The first-order chi connectivity index (χ1) is 9.19. The van der Waals surface area contributed by atoms with E-state index in [1.807, 2.05) is 6.92 Å². The number of amides is 1. The fourth-order valence-corrected chi connectivity index (χ4v) is 3.15. The van der Waals surface area contributed by atoms with Gasteiger partial charge >= 0.3 is 0 Å². The minimum absolute atomic E-state index is 0.0782. The Morgan fingerprint density at radius 2 is 2.26 bits per heavy atom. The molecule has 0 spiro atoms. The molecule has 4 heteroatoms. The molecule has 2 fully saturated rings. The molecule has 4 unspecified atom stereocenters. The molecule has 2 rings (SSSR count). The Labute approximate surface area is 116 Å². The van der Waals surface area contributed by atoms with Gasteiger partial charge in [0, 0.05) is 12.6 Å². The third-order valence-corrected chi connectivity index (χ3v) is 4.31. The molecule has 1 aliphatic carbocycles. The predicted octanol–water partition coefficient (Wildman–Crippen LogP) is 1.84. The van der Waals surface area contributed by atoms with Crippen molar-refractivity contribution in [3.8, 4) is 0 Å². The molecule has 1 amide bonds. The molecule has 0 radical (unpaired) electrons. The Morgan fingerprint density at radius 3 is 2.89 bits per heavy atom. The van der Waals surface area contributed by atoms with Crippen LogP contribution in [0.1, 0.15) is 52.4 Å². The molecule has 1 saturated heterocycles. The van der Waals surface area contributed by atoms with E-state index in [2.05, 4.69) is 17.6 Å². The van der Waals surface area contributed by atoms with Crippen molar-refractivity contribution >= 4 is 5.91 Å². The lowest BCUT2D eigenvalue weighted by atomic mass is 9.88. The van der Waals surface area contributed by atoms with Crippen LogP contribution in [0.2, 0.25) is 0 Å². The molecule has 0 bridgehead atoms. The van der Waals surface area contributed by atoms with Crippen LogP contribution in [0.25, 0.3) is 0 Å². The van der Waals surface area contributed by atoms with Gasteiger partial charge in [-0.1, -0.05) is 26.7 Å². The summed E-state index contributed by atoms with van der Waals surface area (Å²) in [5, 5.41) is 6.37. The second-order valence-electron chi connectivity index (χ2n) is 6.13. The molecule has 19 heavy (non-hydrogen) atoms. The monoisotopic (exact) mass is 268 g/mol. The Bertz CT molecular complexity index is 290. The zero-order chi connectivity index (χ0) is 13.7. The number of rotatable bonds is 5. The predicted molar refractivity (Wildman–Crippen MR) is 76.0 cm³/mol. The third-order valence-electron chi connectivity index (χ3n) is 4.31. The summed E-state index contributed by atoms with van der Waals surface area (Å²) in [5.41, 5.74) is 0. The van der Waals surface area contributed by atoms with Gasteiger partial charge in [-0.2, -0.15) is 0 Å². The lowest BCUT2D eigenvalue weighted by Crippen LogP contribution is -2.44. The maximum absolute atomic E-state index is 12.2. The van der Waals surface area contributed by atoms with Gasteiger partial charge in [0.05, 0.1) is 6.10 Å². The fourth-order valence-electron chi connectivity index (χ4n) is 3.15. The summed E-state index contributed by atoms with van der Waals surface area (Å²) in [6.07, 6.45) is 6.55. The minimum atomic E-state index is -0.268. The van der Waals surface area contributed by atoms with Crippen molar-refractivity contribution in [1.29, 1.82) is 0 Å². The van der Waals surface area contributed by atoms with Crippen LogP contribution in [0.4, 0.5) is 0 Å². The Hall–Kier alpha value is -0.610. The Kier molecular flexibility index (Phi) is 5.64.